The van der Waals surface area contributed by atoms with Crippen LogP contribution in [0.1, 0.15) is 12.5 Å². The normalized spacial score (nSPS) is 12.8. The summed E-state index contributed by atoms with van der Waals surface area (Å²) in [5.74, 6) is 1.39. The third kappa shape index (κ3) is 3.07. The fourth-order valence-electron chi connectivity index (χ4n) is 0.915. The zero-order chi connectivity index (χ0) is 8.97. The van der Waals surface area contributed by atoms with E-state index in [1.807, 2.05) is 31.2 Å². The molecule has 0 N–H and O–H groups in total. The minimum Gasteiger partial charge on any atom is -0.259 e. The summed E-state index contributed by atoms with van der Waals surface area (Å²) in [4.78, 5) is 0. The molecule has 0 amide bonds. The van der Waals surface area contributed by atoms with Gasteiger partial charge < -0.3 is 0 Å². The van der Waals surface area contributed by atoms with Crippen molar-refractivity contribution in [2.45, 2.75) is 12.7 Å². The summed E-state index contributed by atoms with van der Waals surface area (Å²) in [6.07, 6.45) is 0. The van der Waals surface area contributed by atoms with Gasteiger partial charge in [0.1, 0.15) is 0 Å². The molecule has 1 rings (SSSR count). The van der Waals surface area contributed by atoms with Gasteiger partial charge in [-0.05, 0) is 17.7 Å². The maximum absolute atomic E-state index is 11.2. The average molecular weight is 247 g/mol. The van der Waals surface area contributed by atoms with Crippen molar-refractivity contribution < 1.29 is 4.21 Å². The van der Waals surface area contributed by atoms with Crippen LogP contribution in [0.3, 0.4) is 0 Å². The molecular weight excluding hydrogens is 236 g/mol. The zero-order valence-electron chi connectivity index (χ0n) is 6.92. The second kappa shape index (κ2) is 4.77. The number of hydrogen-bond donors (Lipinski definition) is 0. The highest BCUT2D eigenvalue weighted by molar-refractivity contribution is 9.10. The lowest BCUT2D eigenvalue weighted by Gasteiger charge is -1.99. The molecule has 1 aromatic carbocycles. The molecule has 0 radical (unpaired) electrons. The molecule has 0 bridgehead atoms. The molecule has 0 spiro atoms. The van der Waals surface area contributed by atoms with Gasteiger partial charge in [-0.3, -0.25) is 4.21 Å². The zero-order valence-corrected chi connectivity index (χ0v) is 9.32. The summed E-state index contributed by atoms with van der Waals surface area (Å²) in [5, 5.41) is 0. The average Bonchev–Trinajstić information content (AvgIpc) is 2.04. The van der Waals surface area contributed by atoms with Gasteiger partial charge in [0.15, 0.2) is 0 Å². The highest BCUT2D eigenvalue weighted by Gasteiger charge is 1.98. The van der Waals surface area contributed by atoms with E-state index >= 15 is 0 Å². The maximum Gasteiger partial charge on any atom is 0.0485 e. The van der Waals surface area contributed by atoms with Crippen LogP contribution in [0.2, 0.25) is 0 Å². The first-order valence-electron chi connectivity index (χ1n) is 3.82. The van der Waals surface area contributed by atoms with Gasteiger partial charge >= 0.3 is 0 Å². The lowest BCUT2D eigenvalue weighted by atomic mass is 10.2. The van der Waals surface area contributed by atoms with Crippen LogP contribution in [0.15, 0.2) is 28.7 Å². The largest absolute Gasteiger partial charge is 0.259 e. The van der Waals surface area contributed by atoms with Crippen molar-refractivity contribution in [2.75, 3.05) is 5.75 Å². The van der Waals surface area contributed by atoms with Gasteiger partial charge in [-0.1, -0.05) is 35.0 Å². The summed E-state index contributed by atoms with van der Waals surface area (Å²) in [6.45, 7) is 1.94. The Labute approximate surface area is 83.8 Å². The summed E-state index contributed by atoms with van der Waals surface area (Å²) in [6, 6.07) is 7.94. The van der Waals surface area contributed by atoms with Crippen molar-refractivity contribution in [3.05, 3.63) is 34.3 Å². The standard InChI is InChI=1S/C9H11BrOS/c1-2-12(11)7-8-4-3-5-9(10)6-8/h3-6H,2,7H2,1H3. The Balaban J connectivity index is 2.69. The number of benzene rings is 1. The number of rotatable bonds is 3. The SMILES string of the molecule is CCS(=O)Cc1cccc(Br)c1. The Hall–Kier alpha value is -0.150. The fraction of sp³-hybridized carbons (Fsp3) is 0.333. The van der Waals surface area contributed by atoms with Gasteiger partial charge in [0.2, 0.25) is 0 Å². The van der Waals surface area contributed by atoms with Crippen LogP contribution in [0.25, 0.3) is 0 Å². The van der Waals surface area contributed by atoms with Crippen molar-refractivity contribution in [1.29, 1.82) is 0 Å². The van der Waals surface area contributed by atoms with Gasteiger partial charge in [-0.2, -0.15) is 0 Å². The van der Waals surface area contributed by atoms with E-state index < -0.39 is 10.8 Å². The highest BCUT2D eigenvalue weighted by Crippen LogP contribution is 2.12. The Morgan fingerprint density at radius 3 is 2.83 bits per heavy atom. The molecule has 1 atom stereocenters. The Morgan fingerprint density at radius 1 is 1.50 bits per heavy atom. The molecule has 3 heteroatoms. The molecule has 0 aliphatic carbocycles. The van der Waals surface area contributed by atoms with E-state index in [2.05, 4.69) is 15.9 Å². The van der Waals surface area contributed by atoms with Gasteiger partial charge in [0, 0.05) is 26.8 Å². The molecule has 0 aliphatic heterocycles. The monoisotopic (exact) mass is 246 g/mol. The van der Waals surface area contributed by atoms with Crippen molar-refractivity contribution in [3.63, 3.8) is 0 Å². The summed E-state index contributed by atoms with van der Waals surface area (Å²) < 4.78 is 12.2. The molecule has 1 nitrogen and oxygen atoms in total. The third-order valence-electron chi connectivity index (χ3n) is 1.54. The number of hydrogen-bond acceptors (Lipinski definition) is 1. The maximum atomic E-state index is 11.2. The molecule has 0 aromatic heterocycles. The predicted molar refractivity (Wildman–Crippen MR) is 56.5 cm³/mol. The van der Waals surface area contributed by atoms with Crippen LogP contribution >= 0.6 is 15.9 Å². The second-order valence-electron chi connectivity index (χ2n) is 2.50. The summed E-state index contributed by atoms with van der Waals surface area (Å²) >= 11 is 3.38. The van der Waals surface area contributed by atoms with Crippen LogP contribution in [0.4, 0.5) is 0 Å². The van der Waals surface area contributed by atoms with E-state index in [1.54, 1.807) is 0 Å². The second-order valence-corrected chi connectivity index (χ2v) is 5.16. The van der Waals surface area contributed by atoms with Crippen molar-refractivity contribution in [2.24, 2.45) is 0 Å². The van der Waals surface area contributed by atoms with E-state index in [0.717, 1.165) is 15.8 Å². The minimum atomic E-state index is -0.707. The van der Waals surface area contributed by atoms with Gasteiger partial charge in [-0.15, -0.1) is 0 Å². The predicted octanol–water partition coefficient (Wildman–Crippen LogP) is 2.72. The number of halogens is 1. The van der Waals surface area contributed by atoms with Crippen molar-refractivity contribution in [1.82, 2.24) is 0 Å². The van der Waals surface area contributed by atoms with Crippen LogP contribution in [0, 0.1) is 0 Å². The van der Waals surface area contributed by atoms with Crippen molar-refractivity contribution in [3.8, 4) is 0 Å². The van der Waals surface area contributed by atoms with E-state index in [1.165, 1.54) is 0 Å². The summed E-state index contributed by atoms with van der Waals surface area (Å²) in [5.41, 5.74) is 1.13. The molecule has 0 aliphatic rings. The van der Waals surface area contributed by atoms with E-state index in [4.69, 9.17) is 0 Å². The molecule has 0 fully saturated rings. The Kier molecular flexibility index (Phi) is 3.95. The van der Waals surface area contributed by atoms with Crippen LogP contribution < -0.4 is 0 Å². The Morgan fingerprint density at radius 2 is 2.25 bits per heavy atom. The quantitative estimate of drug-likeness (QED) is 0.802. The highest BCUT2D eigenvalue weighted by atomic mass is 79.9. The van der Waals surface area contributed by atoms with Gasteiger partial charge in [0.25, 0.3) is 0 Å². The van der Waals surface area contributed by atoms with Gasteiger partial charge in [-0.25, -0.2) is 0 Å². The van der Waals surface area contributed by atoms with Crippen LogP contribution in [-0.4, -0.2) is 9.96 Å². The van der Waals surface area contributed by atoms with Crippen LogP contribution in [0.5, 0.6) is 0 Å². The molecule has 0 heterocycles. The lowest BCUT2D eigenvalue weighted by Crippen LogP contribution is -1.97. The third-order valence-corrected chi connectivity index (χ3v) is 3.33. The molecular formula is C9H11BrOS. The van der Waals surface area contributed by atoms with E-state index in [0.29, 0.717) is 5.75 Å². The van der Waals surface area contributed by atoms with E-state index in [-0.39, 0.29) is 0 Å². The Bertz CT molecular complexity index is 286. The molecule has 12 heavy (non-hydrogen) atoms. The molecule has 1 aromatic rings. The smallest absolute Gasteiger partial charge is 0.0485 e. The van der Waals surface area contributed by atoms with Crippen LogP contribution in [-0.2, 0) is 16.6 Å². The molecule has 1 unspecified atom stereocenters. The van der Waals surface area contributed by atoms with Crippen molar-refractivity contribution >= 4 is 26.7 Å². The molecule has 0 saturated carbocycles. The fourth-order valence-corrected chi connectivity index (χ4v) is 2.12. The minimum absolute atomic E-state index is 0.663. The van der Waals surface area contributed by atoms with Gasteiger partial charge in [0.05, 0.1) is 0 Å². The molecule has 0 saturated heterocycles. The van der Waals surface area contributed by atoms with E-state index in [9.17, 15) is 4.21 Å². The lowest BCUT2D eigenvalue weighted by molar-refractivity contribution is 0.683. The topological polar surface area (TPSA) is 17.1 Å². The summed E-state index contributed by atoms with van der Waals surface area (Å²) in [7, 11) is -0.707. The first-order chi connectivity index (χ1) is 5.72. The molecule has 66 valence electrons. The first kappa shape index (κ1) is 9.93. The first-order valence-corrected chi connectivity index (χ1v) is 6.10.